The summed E-state index contributed by atoms with van der Waals surface area (Å²) in [4.78, 5) is 55.4. The number of benzene rings is 1. The molecule has 0 spiro atoms. The van der Waals surface area contributed by atoms with Gasteiger partial charge in [-0.1, -0.05) is 57.7 Å². The summed E-state index contributed by atoms with van der Waals surface area (Å²) in [7, 11) is 0. The summed E-state index contributed by atoms with van der Waals surface area (Å²) in [6.45, 7) is 5.74. The number of hydrogen-bond acceptors (Lipinski definition) is 6. The van der Waals surface area contributed by atoms with Crippen molar-refractivity contribution in [2.45, 2.75) is 109 Å². The zero-order valence-corrected chi connectivity index (χ0v) is 24.6. The molecule has 1 aromatic carbocycles. The summed E-state index contributed by atoms with van der Waals surface area (Å²) in [6.07, 6.45) is 8.76. The van der Waals surface area contributed by atoms with Crippen LogP contribution >= 0.6 is 0 Å². The summed E-state index contributed by atoms with van der Waals surface area (Å²) in [5, 5.41) is 2.89. The van der Waals surface area contributed by atoms with Gasteiger partial charge in [0.15, 0.2) is 0 Å². The molecule has 1 saturated heterocycles. The lowest BCUT2D eigenvalue weighted by Crippen LogP contribution is -2.54. The lowest BCUT2D eigenvalue weighted by Gasteiger charge is -2.34. The molecule has 0 aromatic heterocycles. The number of carbonyl (C=O) groups is 4. The number of carbonyl (C=O) groups excluding carboxylic acids is 4. The third kappa shape index (κ3) is 7.11. The largest absolute Gasteiger partial charge is 0.449 e. The molecule has 4 aliphatic rings. The Balaban J connectivity index is 1.35. The first-order valence-corrected chi connectivity index (χ1v) is 15.4. The Morgan fingerprint density at radius 1 is 1.00 bits per heavy atom. The van der Waals surface area contributed by atoms with Gasteiger partial charge < -0.3 is 29.4 Å². The number of aryl methyl sites for hydroxylation is 1. The number of alkyl carbamates (subject to hydrolysis) is 1. The number of cyclic esters (lactones) is 1. The molecular weight excluding hydrogens is 522 g/mol. The Kier molecular flexibility index (Phi) is 9.32. The van der Waals surface area contributed by atoms with Crippen molar-refractivity contribution in [1.29, 1.82) is 0 Å². The Labute approximate surface area is 243 Å². The highest BCUT2D eigenvalue weighted by Gasteiger charge is 2.42. The molecule has 3 aliphatic heterocycles. The highest BCUT2D eigenvalue weighted by molar-refractivity contribution is 5.88. The monoisotopic (exact) mass is 567 g/mol. The average molecular weight is 568 g/mol. The van der Waals surface area contributed by atoms with E-state index in [2.05, 4.69) is 37.4 Å². The molecule has 41 heavy (non-hydrogen) atoms. The number of hydrogen-bond donors (Lipinski definition) is 1. The first-order valence-electron chi connectivity index (χ1n) is 15.4. The summed E-state index contributed by atoms with van der Waals surface area (Å²) < 4.78 is 11.7. The molecule has 9 heteroatoms. The number of nitrogens with one attached hydrogen (secondary N) is 1. The Morgan fingerprint density at radius 2 is 1.78 bits per heavy atom. The Hall–Kier alpha value is -2.94. The Morgan fingerprint density at radius 3 is 2.56 bits per heavy atom. The van der Waals surface area contributed by atoms with E-state index in [1.807, 2.05) is 4.90 Å². The molecule has 1 saturated carbocycles. The van der Waals surface area contributed by atoms with Gasteiger partial charge in [0.25, 0.3) is 0 Å². The predicted molar refractivity (Wildman–Crippen MR) is 153 cm³/mol. The quantitative estimate of drug-likeness (QED) is 0.539. The van der Waals surface area contributed by atoms with Crippen LogP contribution in [0.15, 0.2) is 18.2 Å². The molecule has 0 radical (unpaired) electrons. The molecular formula is C32H45N3O6. The van der Waals surface area contributed by atoms with E-state index in [4.69, 9.17) is 9.47 Å². The fourth-order valence-electron chi connectivity index (χ4n) is 6.96. The van der Waals surface area contributed by atoms with E-state index in [-0.39, 0.29) is 42.9 Å². The van der Waals surface area contributed by atoms with Crippen LogP contribution in [0.3, 0.4) is 0 Å². The number of amides is 3. The van der Waals surface area contributed by atoms with Crippen molar-refractivity contribution in [3.8, 4) is 0 Å². The normalized spacial score (nSPS) is 28.5. The Bertz CT molecular complexity index is 1130. The molecule has 3 heterocycles. The minimum Gasteiger partial charge on any atom is -0.449 e. The predicted octanol–water partition coefficient (Wildman–Crippen LogP) is 4.14. The average Bonchev–Trinajstić information content (AvgIpc) is 3.60. The first kappa shape index (κ1) is 29.5. The topological polar surface area (TPSA) is 105 Å². The molecule has 9 nitrogen and oxygen atoms in total. The third-order valence-electron chi connectivity index (χ3n) is 9.42. The molecule has 1 aliphatic carbocycles. The van der Waals surface area contributed by atoms with E-state index in [9.17, 15) is 19.2 Å². The molecule has 1 N–H and O–H groups in total. The van der Waals surface area contributed by atoms with Crippen molar-refractivity contribution >= 4 is 24.2 Å². The van der Waals surface area contributed by atoms with Crippen molar-refractivity contribution in [1.82, 2.24) is 15.1 Å². The van der Waals surface area contributed by atoms with Crippen molar-refractivity contribution in [2.24, 2.45) is 11.3 Å². The summed E-state index contributed by atoms with van der Waals surface area (Å²) in [5.74, 6) is -0.360. The van der Waals surface area contributed by atoms with Gasteiger partial charge in [0, 0.05) is 26.1 Å². The minimum absolute atomic E-state index is 0.00631. The van der Waals surface area contributed by atoms with Gasteiger partial charge >= 0.3 is 6.09 Å². The van der Waals surface area contributed by atoms with E-state index >= 15 is 0 Å². The van der Waals surface area contributed by atoms with Crippen LogP contribution < -0.4 is 5.32 Å². The minimum atomic E-state index is -0.751. The van der Waals surface area contributed by atoms with Gasteiger partial charge in [-0.3, -0.25) is 9.59 Å². The van der Waals surface area contributed by atoms with Gasteiger partial charge in [-0.25, -0.2) is 4.79 Å². The van der Waals surface area contributed by atoms with Crippen LogP contribution in [-0.4, -0.2) is 71.9 Å². The van der Waals surface area contributed by atoms with Crippen LogP contribution in [0.4, 0.5) is 4.79 Å². The number of aldehydes is 1. The van der Waals surface area contributed by atoms with E-state index < -0.39 is 24.3 Å². The maximum absolute atomic E-state index is 13.9. The zero-order valence-electron chi connectivity index (χ0n) is 24.6. The SMILES string of the molecule is CC1(C)CCCCc2cccc3c2CN(C3)C(=O)CO[C@@H]2C[C@@H](C=O)N(C2)C(=O)[C@H](C2CCCCC2)NC(=O)OC1. The van der Waals surface area contributed by atoms with Crippen LogP contribution in [0.2, 0.25) is 0 Å². The first-order chi connectivity index (χ1) is 19.7. The molecule has 0 unspecified atom stereocenters. The van der Waals surface area contributed by atoms with Gasteiger partial charge in [-0.15, -0.1) is 0 Å². The van der Waals surface area contributed by atoms with E-state index in [0.717, 1.165) is 64.1 Å². The van der Waals surface area contributed by atoms with E-state index in [1.54, 1.807) is 0 Å². The molecule has 1 aromatic rings. The van der Waals surface area contributed by atoms with Gasteiger partial charge in [0.05, 0.1) is 18.8 Å². The number of ether oxygens (including phenoxy) is 2. The van der Waals surface area contributed by atoms with Crippen LogP contribution in [0.1, 0.15) is 88.3 Å². The van der Waals surface area contributed by atoms with Crippen molar-refractivity contribution in [3.63, 3.8) is 0 Å². The van der Waals surface area contributed by atoms with Crippen LogP contribution in [0.25, 0.3) is 0 Å². The maximum atomic E-state index is 13.9. The second-order valence-corrected chi connectivity index (χ2v) is 13.1. The molecule has 3 amide bonds. The van der Waals surface area contributed by atoms with Gasteiger partial charge in [0.2, 0.25) is 11.8 Å². The third-order valence-corrected chi connectivity index (χ3v) is 9.42. The van der Waals surface area contributed by atoms with Gasteiger partial charge in [0.1, 0.15) is 18.9 Å². The summed E-state index contributed by atoms with van der Waals surface area (Å²) in [5.41, 5.74) is 3.50. The number of rotatable bonds is 2. The second kappa shape index (κ2) is 12.9. The summed E-state index contributed by atoms with van der Waals surface area (Å²) >= 11 is 0. The van der Waals surface area contributed by atoms with Gasteiger partial charge in [-0.05, 0) is 60.1 Å². The smallest absolute Gasteiger partial charge is 0.407 e. The van der Waals surface area contributed by atoms with Crippen LogP contribution in [0.5, 0.6) is 0 Å². The maximum Gasteiger partial charge on any atom is 0.407 e. The lowest BCUT2D eigenvalue weighted by molar-refractivity contribution is -0.139. The molecule has 5 rings (SSSR count). The molecule has 2 fully saturated rings. The molecule has 3 atom stereocenters. The van der Waals surface area contributed by atoms with Crippen LogP contribution in [0, 0.1) is 11.3 Å². The fraction of sp³-hybridized carbons (Fsp3) is 0.688. The van der Waals surface area contributed by atoms with Gasteiger partial charge in [-0.2, -0.15) is 0 Å². The highest BCUT2D eigenvalue weighted by atomic mass is 16.5. The molecule has 224 valence electrons. The van der Waals surface area contributed by atoms with Crippen molar-refractivity contribution < 1.29 is 28.7 Å². The lowest BCUT2D eigenvalue weighted by atomic mass is 9.83. The second-order valence-electron chi connectivity index (χ2n) is 13.1. The fourth-order valence-corrected chi connectivity index (χ4v) is 6.96. The summed E-state index contributed by atoms with van der Waals surface area (Å²) in [6, 6.07) is 4.91. The number of nitrogens with zero attached hydrogens (tertiary/aromatic N) is 2. The number of fused-ring (bicyclic) bond motifs is 3. The van der Waals surface area contributed by atoms with Crippen molar-refractivity contribution in [2.75, 3.05) is 19.8 Å². The standard InChI is InChI=1S/C32H45N3O6/c1-32(2)14-7-6-9-22-12-8-13-24-16-34(18-27(22)24)28(37)20-40-26-15-25(19-36)35(17-26)30(38)29(33-31(39)41-21-32)23-10-4-3-5-11-23/h8,12-13,19,23,25-26,29H,3-7,9-11,14-18,20-21H2,1-2H3,(H,33,39)/t25-,26+,29-/m0/s1. The highest BCUT2D eigenvalue weighted by Crippen LogP contribution is 2.32. The van der Waals surface area contributed by atoms with Crippen LogP contribution in [-0.2, 0) is 43.4 Å². The van der Waals surface area contributed by atoms with Crippen molar-refractivity contribution in [3.05, 3.63) is 34.9 Å². The van der Waals surface area contributed by atoms with E-state index in [0.29, 0.717) is 19.5 Å². The van der Waals surface area contributed by atoms with E-state index in [1.165, 1.54) is 21.6 Å². The zero-order chi connectivity index (χ0) is 29.0. The molecule has 4 bridgehead atoms.